The Labute approximate surface area is 129 Å². The van der Waals surface area contributed by atoms with Crippen LogP contribution in [0.3, 0.4) is 0 Å². The quantitative estimate of drug-likeness (QED) is 0.685. The van der Waals surface area contributed by atoms with Crippen LogP contribution in [0.25, 0.3) is 0 Å². The number of aliphatic imine (C=N–C) groups is 1. The van der Waals surface area contributed by atoms with Crippen molar-refractivity contribution in [2.75, 3.05) is 20.1 Å². The summed E-state index contributed by atoms with van der Waals surface area (Å²) < 4.78 is 0. The predicted octanol–water partition coefficient (Wildman–Crippen LogP) is 3.27. The molecule has 0 spiro atoms. The van der Waals surface area contributed by atoms with Gasteiger partial charge in [0.25, 0.3) is 0 Å². The van der Waals surface area contributed by atoms with Crippen molar-refractivity contribution < 1.29 is 0 Å². The van der Waals surface area contributed by atoms with Gasteiger partial charge in [-0.05, 0) is 18.9 Å². The van der Waals surface area contributed by atoms with Gasteiger partial charge >= 0.3 is 0 Å². The molecular formula is C18H29N3. The Morgan fingerprint density at radius 2 is 2.00 bits per heavy atom. The van der Waals surface area contributed by atoms with Crippen LogP contribution >= 0.6 is 0 Å². The molecule has 3 nitrogen and oxygen atoms in total. The third-order valence-corrected chi connectivity index (χ3v) is 4.00. The smallest absolute Gasteiger partial charge is 0.0395 e. The first-order chi connectivity index (χ1) is 10.1. The van der Waals surface area contributed by atoms with Gasteiger partial charge in [0.2, 0.25) is 0 Å². The van der Waals surface area contributed by atoms with Gasteiger partial charge in [-0.2, -0.15) is 0 Å². The number of nitrogens with zero attached hydrogens (tertiary/aromatic N) is 1. The minimum atomic E-state index is -0.116. The molecule has 1 rings (SSSR count). The summed E-state index contributed by atoms with van der Waals surface area (Å²) in [5, 5.41) is 3.41. The normalized spacial score (nSPS) is 14.6. The minimum Gasteiger partial charge on any atom is -0.387 e. The number of nitrogens with one attached hydrogen (secondary N) is 1. The molecule has 0 amide bonds. The molecule has 1 atom stereocenters. The molecule has 0 aliphatic heterocycles. The van der Waals surface area contributed by atoms with Crippen LogP contribution < -0.4 is 11.1 Å². The summed E-state index contributed by atoms with van der Waals surface area (Å²) >= 11 is 0. The molecule has 116 valence electrons. The Balaban J connectivity index is 3.24. The van der Waals surface area contributed by atoms with Crippen LogP contribution in [0.15, 0.2) is 47.6 Å². The van der Waals surface area contributed by atoms with E-state index in [-0.39, 0.29) is 5.41 Å². The van der Waals surface area contributed by atoms with Crippen LogP contribution in [0.5, 0.6) is 0 Å². The second kappa shape index (κ2) is 8.63. The molecule has 0 radical (unpaired) electrons. The molecule has 0 fully saturated rings. The largest absolute Gasteiger partial charge is 0.387 e. The fraction of sp³-hybridized carbons (Fsp3) is 0.500. The first kappa shape index (κ1) is 17.4. The van der Waals surface area contributed by atoms with Crippen LogP contribution in [0.4, 0.5) is 0 Å². The molecule has 0 saturated heterocycles. The van der Waals surface area contributed by atoms with E-state index in [1.165, 1.54) is 5.56 Å². The maximum Gasteiger partial charge on any atom is 0.0395 e. The number of hydrogen-bond donors (Lipinski definition) is 2. The minimum absolute atomic E-state index is 0.116. The Hall–Kier alpha value is -1.61. The molecule has 0 aromatic heterocycles. The van der Waals surface area contributed by atoms with Gasteiger partial charge in [0, 0.05) is 43.4 Å². The number of benzene rings is 1. The van der Waals surface area contributed by atoms with Gasteiger partial charge in [-0.25, -0.2) is 0 Å². The molecule has 3 N–H and O–H groups in total. The third kappa shape index (κ3) is 4.43. The molecule has 21 heavy (non-hydrogen) atoms. The Morgan fingerprint density at radius 1 is 1.33 bits per heavy atom. The SMILES string of the molecule is C=C(NCCN)C(CCC)(C/C(C)=N/C)c1ccccc1. The molecule has 1 unspecified atom stereocenters. The molecule has 0 saturated carbocycles. The Kier molecular flexibility index (Phi) is 7.17. The first-order valence-electron chi connectivity index (χ1n) is 7.71. The number of allylic oxidation sites excluding steroid dienone is 1. The van der Waals surface area contributed by atoms with Gasteiger partial charge in [0.05, 0.1) is 0 Å². The Bertz CT molecular complexity index is 465. The molecule has 1 aromatic rings. The molecule has 0 heterocycles. The molecule has 3 heteroatoms. The van der Waals surface area contributed by atoms with E-state index in [9.17, 15) is 0 Å². The van der Waals surface area contributed by atoms with Crippen molar-refractivity contribution in [3.05, 3.63) is 48.2 Å². The zero-order valence-corrected chi connectivity index (χ0v) is 13.7. The number of rotatable bonds is 9. The average molecular weight is 287 g/mol. The van der Waals surface area contributed by atoms with Crippen molar-refractivity contribution >= 4 is 5.71 Å². The van der Waals surface area contributed by atoms with Crippen molar-refractivity contribution in [3.63, 3.8) is 0 Å². The fourth-order valence-electron chi connectivity index (χ4n) is 2.86. The lowest BCUT2D eigenvalue weighted by Crippen LogP contribution is -2.38. The van der Waals surface area contributed by atoms with Crippen LogP contribution in [-0.4, -0.2) is 25.8 Å². The van der Waals surface area contributed by atoms with Gasteiger partial charge < -0.3 is 11.1 Å². The van der Waals surface area contributed by atoms with E-state index in [4.69, 9.17) is 5.73 Å². The zero-order chi connectivity index (χ0) is 15.7. The van der Waals surface area contributed by atoms with Crippen LogP contribution in [0, 0.1) is 0 Å². The summed E-state index contributed by atoms with van der Waals surface area (Å²) in [5.41, 5.74) is 9.00. The van der Waals surface area contributed by atoms with Crippen molar-refractivity contribution in [1.29, 1.82) is 0 Å². The summed E-state index contributed by atoms with van der Waals surface area (Å²) in [7, 11) is 1.85. The maximum atomic E-state index is 5.63. The van der Waals surface area contributed by atoms with E-state index in [1.807, 2.05) is 7.05 Å². The lowest BCUT2D eigenvalue weighted by molar-refractivity contribution is 0.442. The summed E-state index contributed by atoms with van der Waals surface area (Å²) in [6.07, 6.45) is 3.02. The van der Waals surface area contributed by atoms with E-state index in [1.54, 1.807) is 0 Å². The van der Waals surface area contributed by atoms with Gasteiger partial charge in [-0.3, -0.25) is 4.99 Å². The van der Waals surface area contributed by atoms with Gasteiger partial charge in [-0.1, -0.05) is 50.3 Å². The highest BCUT2D eigenvalue weighted by Crippen LogP contribution is 2.38. The van der Waals surface area contributed by atoms with E-state index < -0.39 is 0 Å². The van der Waals surface area contributed by atoms with Crippen LogP contribution in [0.2, 0.25) is 0 Å². The average Bonchev–Trinajstić information content (AvgIpc) is 2.52. The second-order valence-corrected chi connectivity index (χ2v) is 5.53. The molecular weight excluding hydrogens is 258 g/mol. The van der Waals surface area contributed by atoms with Gasteiger partial charge in [0.15, 0.2) is 0 Å². The lowest BCUT2D eigenvalue weighted by Gasteiger charge is -2.37. The highest BCUT2D eigenvalue weighted by atomic mass is 14.9. The number of hydrogen-bond acceptors (Lipinski definition) is 3. The first-order valence-corrected chi connectivity index (χ1v) is 7.71. The molecule has 1 aromatic carbocycles. The predicted molar refractivity (Wildman–Crippen MR) is 92.9 cm³/mol. The van der Waals surface area contributed by atoms with E-state index >= 15 is 0 Å². The monoisotopic (exact) mass is 287 g/mol. The van der Waals surface area contributed by atoms with Gasteiger partial charge in [0.1, 0.15) is 0 Å². The molecule has 0 aliphatic rings. The van der Waals surface area contributed by atoms with Crippen LogP contribution in [0.1, 0.15) is 38.7 Å². The summed E-state index contributed by atoms with van der Waals surface area (Å²) in [5.74, 6) is 0. The summed E-state index contributed by atoms with van der Waals surface area (Å²) in [4.78, 5) is 4.37. The van der Waals surface area contributed by atoms with Crippen molar-refractivity contribution in [3.8, 4) is 0 Å². The second-order valence-electron chi connectivity index (χ2n) is 5.53. The lowest BCUT2D eigenvalue weighted by atomic mass is 9.70. The molecule has 0 bridgehead atoms. The Morgan fingerprint density at radius 3 is 2.52 bits per heavy atom. The van der Waals surface area contributed by atoms with E-state index in [0.717, 1.165) is 37.2 Å². The number of nitrogens with two attached hydrogens (primary N) is 1. The van der Waals surface area contributed by atoms with Crippen molar-refractivity contribution in [2.24, 2.45) is 10.7 Å². The van der Waals surface area contributed by atoms with Crippen molar-refractivity contribution in [2.45, 2.75) is 38.5 Å². The highest BCUT2D eigenvalue weighted by molar-refractivity contribution is 5.83. The van der Waals surface area contributed by atoms with E-state index in [2.05, 4.69) is 61.1 Å². The standard InChI is InChI=1S/C18H29N3/c1-5-11-18(14-15(2)20-4,16(3)21-13-12-19)17-9-7-6-8-10-17/h6-10,21H,3,5,11-14,19H2,1-2,4H3/b20-15+. The van der Waals surface area contributed by atoms with Gasteiger partial charge in [-0.15, -0.1) is 0 Å². The zero-order valence-electron chi connectivity index (χ0n) is 13.7. The van der Waals surface area contributed by atoms with E-state index in [0.29, 0.717) is 6.54 Å². The fourth-order valence-corrected chi connectivity index (χ4v) is 2.86. The summed E-state index contributed by atoms with van der Waals surface area (Å²) in [6, 6.07) is 10.6. The highest BCUT2D eigenvalue weighted by Gasteiger charge is 2.35. The van der Waals surface area contributed by atoms with Crippen LogP contribution in [-0.2, 0) is 5.41 Å². The van der Waals surface area contributed by atoms with Crippen molar-refractivity contribution in [1.82, 2.24) is 5.32 Å². The molecule has 0 aliphatic carbocycles. The maximum absolute atomic E-state index is 5.63. The summed E-state index contributed by atoms with van der Waals surface area (Å²) in [6.45, 7) is 9.98. The topological polar surface area (TPSA) is 50.4 Å². The third-order valence-electron chi connectivity index (χ3n) is 4.00.